The van der Waals surface area contributed by atoms with E-state index in [1.54, 1.807) is 24.3 Å². The Hall–Kier alpha value is -3.23. The Bertz CT molecular complexity index is 1430. The van der Waals surface area contributed by atoms with E-state index in [-0.39, 0.29) is 42.0 Å². The van der Waals surface area contributed by atoms with E-state index in [4.69, 9.17) is 23.2 Å². The van der Waals surface area contributed by atoms with Crippen molar-refractivity contribution in [2.75, 3.05) is 18.1 Å². The van der Waals surface area contributed by atoms with E-state index in [2.05, 4.69) is 0 Å². The maximum absolute atomic E-state index is 13.3. The summed E-state index contributed by atoms with van der Waals surface area (Å²) in [7, 11) is 0. The van der Waals surface area contributed by atoms with Crippen LogP contribution in [0.25, 0.3) is 10.1 Å². The van der Waals surface area contributed by atoms with Crippen LogP contribution in [0.15, 0.2) is 66.7 Å². The number of amides is 1. The fourth-order valence-corrected chi connectivity index (χ4v) is 5.35. The molecule has 0 atom stereocenters. The van der Waals surface area contributed by atoms with Crippen LogP contribution in [0.3, 0.4) is 0 Å². The van der Waals surface area contributed by atoms with Crippen LogP contribution in [-0.4, -0.2) is 41.0 Å². The summed E-state index contributed by atoms with van der Waals surface area (Å²) in [5.74, 6) is -2.00. The monoisotopic (exact) mass is 527 g/mol. The molecule has 0 spiro atoms. The number of aliphatic hydroxyl groups excluding tert-OH is 1. The third-order valence-electron chi connectivity index (χ3n) is 5.43. The Kier molecular flexibility index (Phi) is 7.52. The molecule has 4 rings (SSSR count). The second-order valence-electron chi connectivity index (χ2n) is 7.68. The molecule has 0 aliphatic rings. The lowest BCUT2D eigenvalue weighted by Gasteiger charge is -2.22. The fraction of sp³-hybridized carbons (Fsp3) is 0.115. The highest BCUT2D eigenvalue weighted by molar-refractivity contribution is 7.21. The number of aliphatic hydroxyl groups is 1. The lowest BCUT2D eigenvalue weighted by molar-refractivity contribution is 0.0695. The number of Topliss-reactive ketones (excluding diaryl/α,β-unsaturated/α-hetero) is 1. The molecule has 1 aromatic heterocycles. The molecular weight excluding hydrogens is 509 g/mol. The van der Waals surface area contributed by atoms with Crippen LogP contribution in [-0.2, 0) is 6.42 Å². The number of ketones is 1. The summed E-state index contributed by atoms with van der Waals surface area (Å²) < 4.78 is 0.853. The molecule has 0 bridgehead atoms. The number of halogens is 2. The summed E-state index contributed by atoms with van der Waals surface area (Å²) in [5, 5.41) is 20.8. The molecule has 0 aliphatic heterocycles. The lowest BCUT2D eigenvalue weighted by Crippen LogP contribution is -2.33. The number of fused-ring (bicyclic) bond motifs is 1. The summed E-state index contributed by atoms with van der Waals surface area (Å²) in [6.45, 7) is -0.260. The molecule has 0 unspecified atom stereocenters. The van der Waals surface area contributed by atoms with E-state index in [1.165, 1.54) is 34.4 Å². The van der Waals surface area contributed by atoms with Gasteiger partial charge in [0.2, 0.25) is 0 Å². The van der Waals surface area contributed by atoms with Gasteiger partial charge in [-0.1, -0.05) is 41.4 Å². The van der Waals surface area contributed by atoms with Crippen LogP contribution in [0.5, 0.6) is 0 Å². The Morgan fingerprint density at radius 1 is 0.943 bits per heavy atom. The molecule has 4 aromatic rings. The van der Waals surface area contributed by atoms with Gasteiger partial charge >= 0.3 is 5.97 Å². The van der Waals surface area contributed by atoms with Gasteiger partial charge in [0.05, 0.1) is 22.1 Å². The summed E-state index contributed by atoms with van der Waals surface area (Å²) in [6.07, 6.45) is -0.240. The van der Waals surface area contributed by atoms with E-state index in [0.29, 0.717) is 20.6 Å². The average molecular weight is 528 g/mol. The van der Waals surface area contributed by atoms with Gasteiger partial charge in [-0.25, -0.2) is 4.79 Å². The molecule has 2 N–H and O–H groups in total. The third-order valence-corrected chi connectivity index (χ3v) is 7.40. The zero-order valence-electron chi connectivity index (χ0n) is 18.2. The summed E-state index contributed by atoms with van der Waals surface area (Å²) >= 11 is 13.6. The minimum Gasteiger partial charge on any atom is -0.478 e. The molecule has 0 radical (unpaired) electrons. The van der Waals surface area contributed by atoms with E-state index >= 15 is 0 Å². The second-order valence-corrected chi connectivity index (χ2v) is 9.54. The van der Waals surface area contributed by atoms with Crippen LogP contribution in [0.1, 0.15) is 36.0 Å². The van der Waals surface area contributed by atoms with Crippen molar-refractivity contribution >= 4 is 68.0 Å². The molecule has 3 aromatic carbocycles. The molecule has 0 aliphatic carbocycles. The molecule has 1 amide bonds. The number of thiophene rings is 1. The Morgan fingerprint density at radius 3 is 2.31 bits per heavy atom. The highest BCUT2D eigenvalue weighted by Crippen LogP contribution is 2.36. The van der Waals surface area contributed by atoms with Gasteiger partial charge in [0.1, 0.15) is 0 Å². The summed E-state index contributed by atoms with van der Waals surface area (Å²) in [6, 6.07) is 18.0. The molecule has 0 saturated heterocycles. The predicted octanol–water partition coefficient (Wildman–Crippen LogP) is 5.97. The molecular formula is C26H19Cl2NO5S. The molecule has 9 heteroatoms. The molecule has 35 heavy (non-hydrogen) atoms. The number of benzene rings is 3. The fourth-order valence-electron chi connectivity index (χ4n) is 3.75. The highest BCUT2D eigenvalue weighted by atomic mass is 35.5. The van der Waals surface area contributed by atoms with Crippen molar-refractivity contribution in [1.82, 2.24) is 0 Å². The van der Waals surface area contributed by atoms with Crippen molar-refractivity contribution in [3.8, 4) is 0 Å². The Labute approximate surface area is 214 Å². The normalized spacial score (nSPS) is 10.9. The van der Waals surface area contributed by atoms with Gasteiger partial charge in [0.25, 0.3) is 5.91 Å². The SMILES string of the molecule is O=C(O)c1ccc(C(=O)N(CCO)c2ccc(Cl)cc2)cc1CC(=O)c1sc2ccccc2c1Cl. The number of carbonyl (C=O) groups is 3. The minimum absolute atomic E-state index is 0.0206. The van der Waals surface area contributed by atoms with Crippen LogP contribution in [0.2, 0.25) is 10.0 Å². The summed E-state index contributed by atoms with van der Waals surface area (Å²) in [4.78, 5) is 40.0. The van der Waals surface area contributed by atoms with E-state index < -0.39 is 11.9 Å². The topological polar surface area (TPSA) is 94.9 Å². The number of hydrogen-bond donors (Lipinski definition) is 2. The Morgan fingerprint density at radius 2 is 1.66 bits per heavy atom. The largest absolute Gasteiger partial charge is 0.478 e. The number of anilines is 1. The van der Waals surface area contributed by atoms with Crippen molar-refractivity contribution in [1.29, 1.82) is 0 Å². The number of aromatic carboxylic acids is 1. The average Bonchev–Trinajstić information content (AvgIpc) is 3.19. The van der Waals surface area contributed by atoms with Crippen molar-refractivity contribution in [2.45, 2.75) is 6.42 Å². The first-order valence-corrected chi connectivity index (χ1v) is 12.1. The maximum atomic E-state index is 13.3. The van der Waals surface area contributed by atoms with Gasteiger partial charge < -0.3 is 15.1 Å². The molecule has 0 saturated carbocycles. The van der Waals surface area contributed by atoms with E-state index in [0.717, 1.165) is 10.1 Å². The van der Waals surface area contributed by atoms with Gasteiger partial charge in [0.15, 0.2) is 5.78 Å². The van der Waals surface area contributed by atoms with Crippen molar-refractivity contribution < 1.29 is 24.6 Å². The number of hydrogen-bond acceptors (Lipinski definition) is 5. The number of nitrogens with zero attached hydrogens (tertiary/aromatic N) is 1. The number of rotatable bonds is 8. The minimum atomic E-state index is -1.21. The predicted molar refractivity (Wildman–Crippen MR) is 138 cm³/mol. The van der Waals surface area contributed by atoms with Gasteiger partial charge in [-0.15, -0.1) is 11.3 Å². The molecule has 0 fully saturated rings. The van der Waals surface area contributed by atoms with Gasteiger partial charge in [0, 0.05) is 39.3 Å². The zero-order valence-corrected chi connectivity index (χ0v) is 20.5. The quantitative estimate of drug-likeness (QED) is 0.275. The van der Waals surface area contributed by atoms with E-state index in [9.17, 15) is 24.6 Å². The van der Waals surface area contributed by atoms with Crippen LogP contribution >= 0.6 is 34.5 Å². The van der Waals surface area contributed by atoms with Crippen molar-refractivity contribution in [3.05, 3.63) is 98.3 Å². The molecule has 6 nitrogen and oxygen atoms in total. The number of carboxylic acids is 1. The molecule has 1 heterocycles. The molecule has 178 valence electrons. The summed E-state index contributed by atoms with van der Waals surface area (Å²) in [5.41, 5.74) is 0.823. The second kappa shape index (κ2) is 10.6. The number of carboxylic acid groups (broad SMARTS) is 1. The third kappa shape index (κ3) is 5.23. The van der Waals surface area contributed by atoms with Crippen LogP contribution in [0, 0.1) is 0 Å². The first-order valence-electron chi connectivity index (χ1n) is 10.5. The first-order chi connectivity index (χ1) is 16.8. The van der Waals surface area contributed by atoms with Crippen LogP contribution < -0.4 is 4.90 Å². The lowest BCUT2D eigenvalue weighted by atomic mass is 9.98. The Balaban J connectivity index is 1.69. The van der Waals surface area contributed by atoms with Gasteiger partial charge in [-0.3, -0.25) is 9.59 Å². The van der Waals surface area contributed by atoms with Gasteiger partial charge in [-0.05, 0) is 54.1 Å². The first kappa shape index (κ1) is 24.9. The standard InChI is InChI=1S/C26H19Cl2NO5S/c27-17-6-8-18(9-7-17)29(11-12-30)25(32)15-5-10-19(26(33)34)16(13-15)14-21(31)24-23(28)20-3-1-2-4-22(20)35-24/h1-10,13,30H,11-12,14H2,(H,33,34). The van der Waals surface area contributed by atoms with Crippen LogP contribution in [0.4, 0.5) is 5.69 Å². The van der Waals surface area contributed by atoms with Gasteiger partial charge in [-0.2, -0.15) is 0 Å². The van der Waals surface area contributed by atoms with E-state index in [1.807, 2.05) is 24.3 Å². The maximum Gasteiger partial charge on any atom is 0.335 e. The highest BCUT2D eigenvalue weighted by Gasteiger charge is 2.23. The smallest absolute Gasteiger partial charge is 0.335 e. The van der Waals surface area contributed by atoms with Crippen molar-refractivity contribution in [3.63, 3.8) is 0 Å². The zero-order chi connectivity index (χ0) is 25.1. The number of carbonyl (C=O) groups excluding carboxylic acids is 2. The van der Waals surface area contributed by atoms with Crippen molar-refractivity contribution in [2.24, 2.45) is 0 Å².